The molecule has 0 fully saturated rings. The Kier molecular flexibility index (Phi) is 2.39. The van der Waals surface area contributed by atoms with E-state index in [4.69, 9.17) is 10.3 Å². The smallest absolute Gasteiger partial charge is 0.361 e. The molecule has 0 aliphatic carbocycles. The molecule has 64 valence electrons. The quantitative estimate of drug-likeness (QED) is 0.405. The van der Waals surface area contributed by atoms with Crippen molar-refractivity contribution in [2.75, 3.05) is 0 Å². The highest BCUT2D eigenvalue weighted by atomic mass is 32.1. The van der Waals surface area contributed by atoms with E-state index in [9.17, 15) is 4.79 Å². The molecule has 5 nitrogen and oxygen atoms in total. The fraction of sp³-hybridized carbons (Fsp3) is 0.167. The third-order valence-electron chi connectivity index (χ3n) is 1.12. The zero-order valence-electron chi connectivity index (χ0n) is 6.18. The molecule has 0 saturated carbocycles. The van der Waals surface area contributed by atoms with Gasteiger partial charge in [0.1, 0.15) is 0 Å². The molecule has 0 spiro atoms. The van der Waals surface area contributed by atoms with E-state index < -0.39 is 11.7 Å². The van der Waals surface area contributed by atoms with Crippen molar-refractivity contribution in [2.24, 2.45) is 5.16 Å². The summed E-state index contributed by atoms with van der Waals surface area (Å²) in [5.41, 5.74) is 0.283. The Morgan fingerprint density at radius 3 is 2.75 bits per heavy atom. The molecule has 1 aromatic heterocycles. The molecule has 0 bridgehead atoms. The first-order valence-electron chi connectivity index (χ1n) is 3.03. The third kappa shape index (κ3) is 1.59. The number of thiazole rings is 1. The van der Waals surface area contributed by atoms with Crippen molar-refractivity contribution in [3.63, 3.8) is 0 Å². The van der Waals surface area contributed by atoms with Crippen LogP contribution in [0.2, 0.25) is 0 Å². The van der Waals surface area contributed by atoms with Crippen molar-refractivity contribution in [1.29, 1.82) is 0 Å². The van der Waals surface area contributed by atoms with E-state index in [-0.39, 0.29) is 5.01 Å². The minimum atomic E-state index is -1.29. The Hall–Kier alpha value is -1.43. The fourth-order valence-electron chi connectivity index (χ4n) is 0.640. The van der Waals surface area contributed by atoms with Gasteiger partial charge >= 0.3 is 5.97 Å². The van der Waals surface area contributed by atoms with Crippen molar-refractivity contribution >= 4 is 23.0 Å². The molecule has 0 aliphatic rings. The van der Waals surface area contributed by atoms with E-state index in [1.807, 2.05) is 0 Å². The summed E-state index contributed by atoms with van der Waals surface area (Å²) in [7, 11) is 0. The summed E-state index contributed by atoms with van der Waals surface area (Å²) in [6.07, 6.45) is 0. The van der Waals surface area contributed by atoms with Crippen LogP contribution >= 0.6 is 11.3 Å². The van der Waals surface area contributed by atoms with E-state index in [2.05, 4.69) is 10.1 Å². The number of carboxylic acids is 1. The SMILES string of the molecule is Cc1csc(/C(=N/O)C(=O)O)n1. The van der Waals surface area contributed by atoms with E-state index in [0.29, 0.717) is 5.69 Å². The highest BCUT2D eigenvalue weighted by Crippen LogP contribution is 2.09. The van der Waals surface area contributed by atoms with Gasteiger partial charge in [-0.05, 0) is 6.92 Å². The van der Waals surface area contributed by atoms with Gasteiger partial charge in [-0.2, -0.15) is 0 Å². The lowest BCUT2D eigenvalue weighted by Crippen LogP contribution is -2.14. The first-order chi connectivity index (χ1) is 5.65. The molecule has 0 atom stereocenters. The van der Waals surface area contributed by atoms with Gasteiger partial charge in [-0.1, -0.05) is 5.16 Å². The maximum atomic E-state index is 10.4. The van der Waals surface area contributed by atoms with Crippen molar-refractivity contribution in [3.05, 3.63) is 16.1 Å². The topological polar surface area (TPSA) is 82.8 Å². The predicted octanol–water partition coefficient (Wildman–Crippen LogP) is 0.714. The van der Waals surface area contributed by atoms with Gasteiger partial charge in [-0.15, -0.1) is 11.3 Å². The van der Waals surface area contributed by atoms with Crippen LogP contribution < -0.4 is 0 Å². The van der Waals surface area contributed by atoms with Crippen molar-refractivity contribution in [3.8, 4) is 0 Å². The number of hydrogen-bond donors (Lipinski definition) is 2. The zero-order chi connectivity index (χ0) is 9.14. The van der Waals surface area contributed by atoms with Crippen LogP contribution in [0.25, 0.3) is 0 Å². The van der Waals surface area contributed by atoms with Crippen LogP contribution in [0.3, 0.4) is 0 Å². The summed E-state index contributed by atoms with van der Waals surface area (Å²) in [5, 5.41) is 21.4. The number of hydrogen-bond acceptors (Lipinski definition) is 5. The molecule has 0 saturated heterocycles. The minimum absolute atomic E-state index is 0.211. The first-order valence-corrected chi connectivity index (χ1v) is 3.91. The number of aryl methyl sites for hydroxylation is 1. The maximum absolute atomic E-state index is 10.4. The van der Waals surface area contributed by atoms with Crippen LogP contribution in [0.4, 0.5) is 0 Å². The molecule has 6 heteroatoms. The Bertz CT molecular complexity index is 331. The second-order valence-corrected chi connectivity index (χ2v) is 2.91. The largest absolute Gasteiger partial charge is 0.476 e. The van der Waals surface area contributed by atoms with Crippen LogP contribution in [0.15, 0.2) is 10.5 Å². The molecule has 0 amide bonds. The van der Waals surface area contributed by atoms with E-state index >= 15 is 0 Å². The summed E-state index contributed by atoms with van der Waals surface area (Å²) in [6.45, 7) is 1.73. The molecule has 0 aromatic carbocycles. The summed E-state index contributed by atoms with van der Waals surface area (Å²) in [4.78, 5) is 14.3. The van der Waals surface area contributed by atoms with E-state index in [1.165, 1.54) is 0 Å². The van der Waals surface area contributed by atoms with Gasteiger partial charge in [0.05, 0.1) is 0 Å². The summed E-state index contributed by atoms with van der Waals surface area (Å²) in [5.74, 6) is -1.29. The number of carbonyl (C=O) groups is 1. The average Bonchev–Trinajstić information content (AvgIpc) is 2.37. The van der Waals surface area contributed by atoms with E-state index in [0.717, 1.165) is 11.3 Å². The molecular weight excluding hydrogens is 180 g/mol. The average molecular weight is 186 g/mol. The highest BCUT2D eigenvalue weighted by molar-refractivity contribution is 7.12. The standard InChI is InChI=1S/C6H6N2O3S/c1-3-2-12-5(7-3)4(8-11)6(9)10/h2,11H,1H3,(H,9,10)/b8-4-. The maximum Gasteiger partial charge on any atom is 0.361 e. The summed E-state index contributed by atoms with van der Waals surface area (Å²) in [6, 6.07) is 0. The Morgan fingerprint density at radius 1 is 1.75 bits per heavy atom. The monoisotopic (exact) mass is 186 g/mol. The number of nitrogens with zero attached hydrogens (tertiary/aromatic N) is 2. The zero-order valence-corrected chi connectivity index (χ0v) is 7.00. The van der Waals surface area contributed by atoms with Crippen LogP contribution in [0.1, 0.15) is 10.7 Å². The molecule has 0 radical (unpaired) electrons. The number of aromatic nitrogens is 1. The molecule has 12 heavy (non-hydrogen) atoms. The van der Waals surface area contributed by atoms with Crippen molar-refractivity contribution < 1.29 is 15.1 Å². The van der Waals surface area contributed by atoms with Crippen molar-refractivity contribution in [1.82, 2.24) is 4.98 Å². The number of carboxylic acid groups (broad SMARTS) is 1. The molecule has 1 aromatic rings. The molecule has 1 heterocycles. The normalized spacial score (nSPS) is 11.6. The molecule has 0 unspecified atom stereocenters. The lowest BCUT2D eigenvalue weighted by molar-refractivity contribution is -0.129. The summed E-state index contributed by atoms with van der Waals surface area (Å²) < 4.78 is 0. The van der Waals surface area contributed by atoms with Crippen LogP contribution in [0.5, 0.6) is 0 Å². The molecular formula is C6H6N2O3S. The predicted molar refractivity (Wildman–Crippen MR) is 42.8 cm³/mol. The number of aliphatic carboxylic acids is 1. The second-order valence-electron chi connectivity index (χ2n) is 2.05. The van der Waals surface area contributed by atoms with Crippen LogP contribution in [-0.4, -0.2) is 27.0 Å². The lowest BCUT2D eigenvalue weighted by atomic mass is 10.4. The third-order valence-corrected chi connectivity index (χ3v) is 2.09. The van der Waals surface area contributed by atoms with Gasteiger partial charge in [-0.3, -0.25) is 0 Å². The minimum Gasteiger partial charge on any atom is -0.476 e. The fourth-order valence-corrected chi connectivity index (χ4v) is 1.41. The van der Waals surface area contributed by atoms with Gasteiger partial charge in [0.25, 0.3) is 0 Å². The highest BCUT2D eigenvalue weighted by Gasteiger charge is 2.16. The van der Waals surface area contributed by atoms with Gasteiger partial charge < -0.3 is 10.3 Å². The van der Waals surface area contributed by atoms with Gasteiger partial charge in [-0.25, -0.2) is 9.78 Å². The Balaban J connectivity index is 3.04. The summed E-state index contributed by atoms with van der Waals surface area (Å²) >= 11 is 1.13. The lowest BCUT2D eigenvalue weighted by Gasteiger charge is -1.90. The Labute approximate surface area is 72.0 Å². The van der Waals surface area contributed by atoms with Gasteiger partial charge in [0.15, 0.2) is 5.01 Å². The Morgan fingerprint density at radius 2 is 2.42 bits per heavy atom. The van der Waals surface area contributed by atoms with Crippen LogP contribution in [-0.2, 0) is 4.79 Å². The van der Waals surface area contributed by atoms with Gasteiger partial charge in [0.2, 0.25) is 5.71 Å². The second kappa shape index (κ2) is 3.31. The molecule has 2 N–H and O–H groups in total. The molecule has 0 aliphatic heterocycles. The molecule has 1 rings (SSSR count). The number of oxime groups is 1. The van der Waals surface area contributed by atoms with Crippen LogP contribution in [0, 0.1) is 6.92 Å². The number of rotatable bonds is 2. The van der Waals surface area contributed by atoms with E-state index in [1.54, 1.807) is 12.3 Å². The van der Waals surface area contributed by atoms with Crippen molar-refractivity contribution in [2.45, 2.75) is 6.92 Å². The first kappa shape index (κ1) is 8.66. The van der Waals surface area contributed by atoms with Gasteiger partial charge in [0, 0.05) is 11.1 Å².